The first kappa shape index (κ1) is 14.2. The van der Waals surface area contributed by atoms with Gasteiger partial charge in [0.05, 0.1) is 5.69 Å². The SMILES string of the molecule is O=C(O)c1cnc(Cl)c(F)c1NC(=O)C(F)(F)F. The molecular weight excluding hydrogens is 284 g/mol. The molecule has 0 bridgehead atoms. The Bertz CT molecular complexity index is 518. The van der Waals surface area contributed by atoms with Crippen LogP contribution in [0.3, 0.4) is 0 Å². The highest BCUT2D eigenvalue weighted by Gasteiger charge is 2.40. The zero-order chi connectivity index (χ0) is 14.1. The first-order valence-corrected chi connectivity index (χ1v) is 4.48. The van der Waals surface area contributed by atoms with Gasteiger partial charge in [-0.15, -0.1) is 0 Å². The van der Waals surface area contributed by atoms with Crippen molar-refractivity contribution in [1.29, 1.82) is 0 Å². The zero-order valence-corrected chi connectivity index (χ0v) is 8.93. The molecule has 2 N–H and O–H groups in total. The third-order valence-corrected chi connectivity index (χ3v) is 1.97. The van der Waals surface area contributed by atoms with E-state index >= 15 is 0 Å². The van der Waals surface area contributed by atoms with Crippen LogP contribution >= 0.6 is 11.6 Å². The number of alkyl halides is 3. The van der Waals surface area contributed by atoms with Crippen LogP contribution < -0.4 is 5.32 Å². The van der Waals surface area contributed by atoms with Crippen molar-refractivity contribution in [2.45, 2.75) is 6.18 Å². The lowest BCUT2D eigenvalue weighted by Crippen LogP contribution is -2.31. The highest BCUT2D eigenvalue weighted by atomic mass is 35.5. The largest absolute Gasteiger partial charge is 0.478 e. The average molecular weight is 287 g/mol. The normalized spacial score (nSPS) is 11.2. The maximum absolute atomic E-state index is 13.3. The second-order valence-electron chi connectivity index (χ2n) is 2.91. The fourth-order valence-electron chi connectivity index (χ4n) is 0.933. The number of carbonyl (C=O) groups is 2. The minimum Gasteiger partial charge on any atom is -0.478 e. The maximum Gasteiger partial charge on any atom is 0.471 e. The predicted molar refractivity (Wildman–Crippen MR) is 50.8 cm³/mol. The van der Waals surface area contributed by atoms with Crippen LogP contribution in [0, 0.1) is 5.82 Å². The summed E-state index contributed by atoms with van der Waals surface area (Å²) < 4.78 is 49.2. The molecule has 0 aromatic carbocycles. The van der Waals surface area contributed by atoms with Gasteiger partial charge >= 0.3 is 18.1 Å². The molecule has 0 aliphatic heterocycles. The minimum atomic E-state index is -5.29. The molecule has 98 valence electrons. The van der Waals surface area contributed by atoms with Crippen molar-refractivity contribution in [1.82, 2.24) is 4.98 Å². The van der Waals surface area contributed by atoms with E-state index in [0.717, 1.165) is 5.32 Å². The van der Waals surface area contributed by atoms with E-state index in [2.05, 4.69) is 4.98 Å². The molecule has 0 unspecified atom stereocenters. The number of carboxylic acids is 1. The second-order valence-corrected chi connectivity index (χ2v) is 3.27. The lowest BCUT2D eigenvalue weighted by molar-refractivity contribution is -0.167. The summed E-state index contributed by atoms with van der Waals surface area (Å²) in [5, 5.41) is 8.85. The highest BCUT2D eigenvalue weighted by Crippen LogP contribution is 2.26. The van der Waals surface area contributed by atoms with Gasteiger partial charge in [-0.3, -0.25) is 4.79 Å². The monoisotopic (exact) mass is 286 g/mol. The molecule has 0 saturated carbocycles. The summed E-state index contributed by atoms with van der Waals surface area (Å²) in [6.45, 7) is 0. The molecule has 0 fully saturated rings. The van der Waals surface area contributed by atoms with Gasteiger partial charge in [-0.25, -0.2) is 14.2 Å². The van der Waals surface area contributed by atoms with Crippen LogP contribution in [-0.4, -0.2) is 28.1 Å². The lowest BCUT2D eigenvalue weighted by atomic mass is 10.2. The summed E-state index contributed by atoms with van der Waals surface area (Å²) in [6.07, 6.45) is -4.77. The number of halogens is 5. The van der Waals surface area contributed by atoms with Crippen LogP contribution in [0.15, 0.2) is 6.20 Å². The van der Waals surface area contributed by atoms with Crippen molar-refractivity contribution < 1.29 is 32.3 Å². The Hall–Kier alpha value is -1.90. The second kappa shape index (κ2) is 4.77. The number of carboxylic acid groups (broad SMARTS) is 1. The van der Waals surface area contributed by atoms with E-state index in [1.807, 2.05) is 0 Å². The van der Waals surface area contributed by atoms with E-state index in [1.165, 1.54) is 0 Å². The van der Waals surface area contributed by atoms with Gasteiger partial charge in [0.15, 0.2) is 11.0 Å². The highest BCUT2D eigenvalue weighted by molar-refractivity contribution is 6.30. The molecule has 0 radical (unpaired) electrons. The van der Waals surface area contributed by atoms with E-state index in [1.54, 1.807) is 0 Å². The summed E-state index contributed by atoms with van der Waals surface area (Å²) in [5.74, 6) is -5.85. The fourth-order valence-corrected chi connectivity index (χ4v) is 1.08. The van der Waals surface area contributed by atoms with Crippen LogP contribution in [0.1, 0.15) is 10.4 Å². The Balaban J connectivity index is 3.26. The summed E-state index contributed by atoms with van der Waals surface area (Å²) >= 11 is 5.18. The van der Waals surface area contributed by atoms with Crippen LogP contribution in [0.5, 0.6) is 0 Å². The standard InChI is InChI=1S/C8H3ClF4N2O3/c9-5-3(10)4(2(1-14-5)6(16)17)15-7(18)8(11,12)13/h1H,(H,16,17)(H,14,15,18). The van der Waals surface area contributed by atoms with Crippen molar-refractivity contribution in [2.75, 3.05) is 5.32 Å². The molecule has 5 nitrogen and oxygen atoms in total. The molecule has 1 amide bonds. The van der Waals surface area contributed by atoms with Gasteiger partial charge in [-0.05, 0) is 0 Å². The Labute approximate surface area is 101 Å². The molecule has 0 saturated heterocycles. The van der Waals surface area contributed by atoms with Crippen LogP contribution in [0.2, 0.25) is 5.15 Å². The minimum absolute atomic E-state index is 0.528. The molecule has 0 atom stereocenters. The summed E-state index contributed by atoms with van der Waals surface area (Å²) in [5.41, 5.74) is -2.14. The number of nitrogens with one attached hydrogen (secondary N) is 1. The zero-order valence-electron chi connectivity index (χ0n) is 8.18. The third-order valence-electron chi connectivity index (χ3n) is 1.70. The Morgan fingerprint density at radius 1 is 1.39 bits per heavy atom. The van der Waals surface area contributed by atoms with Crippen molar-refractivity contribution in [2.24, 2.45) is 0 Å². The number of aromatic carboxylic acids is 1. The molecule has 1 heterocycles. The van der Waals surface area contributed by atoms with Gasteiger partial charge < -0.3 is 10.4 Å². The third kappa shape index (κ3) is 2.86. The molecule has 18 heavy (non-hydrogen) atoms. The predicted octanol–water partition coefficient (Wildman–Crippen LogP) is 2.07. The number of pyridine rings is 1. The molecule has 10 heteroatoms. The average Bonchev–Trinajstić information content (AvgIpc) is 2.23. The van der Waals surface area contributed by atoms with Gasteiger partial charge in [-0.1, -0.05) is 11.6 Å². The molecule has 0 spiro atoms. The van der Waals surface area contributed by atoms with Crippen LogP contribution in [0.25, 0.3) is 0 Å². The summed E-state index contributed by atoms with van der Waals surface area (Å²) in [4.78, 5) is 24.4. The lowest BCUT2D eigenvalue weighted by Gasteiger charge is -2.11. The number of aromatic nitrogens is 1. The van der Waals surface area contributed by atoms with Gasteiger partial charge in [0, 0.05) is 6.20 Å². The van der Waals surface area contributed by atoms with Crippen molar-refractivity contribution >= 4 is 29.2 Å². The van der Waals surface area contributed by atoms with Gasteiger partial charge in [0.25, 0.3) is 0 Å². The number of rotatable bonds is 2. The molecule has 1 aromatic heterocycles. The Morgan fingerprint density at radius 2 is 1.94 bits per heavy atom. The van der Waals surface area contributed by atoms with E-state index < -0.39 is 40.3 Å². The van der Waals surface area contributed by atoms with Gasteiger partial charge in [0.2, 0.25) is 0 Å². The fraction of sp³-hybridized carbons (Fsp3) is 0.125. The molecular formula is C8H3ClF4N2O3. The quantitative estimate of drug-likeness (QED) is 0.644. The van der Waals surface area contributed by atoms with E-state index in [9.17, 15) is 27.2 Å². The number of anilines is 1. The number of amides is 1. The smallest absolute Gasteiger partial charge is 0.471 e. The van der Waals surface area contributed by atoms with E-state index in [0.29, 0.717) is 6.20 Å². The van der Waals surface area contributed by atoms with E-state index in [4.69, 9.17) is 16.7 Å². The molecule has 1 aromatic rings. The molecule has 0 aliphatic carbocycles. The van der Waals surface area contributed by atoms with Crippen molar-refractivity contribution in [3.8, 4) is 0 Å². The van der Waals surface area contributed by atoms with Crippen LogP contribution in [-0.2, 0) is 4.79 Å². The first-order chi connectivity index (χ1) is 8.14. The Morgan fingerprint density at radius 3 is 2.39 bits per heavy atom. The van der Waals surface area contributed by atoms with E-state index in [-0.39, 0.29) is 0 Å². The van der Waals surface area contributed by atoms with Crippen LogP contribution in [0.4, 0.5) is 23.2 Å². The maximum atomic E-state index is 13.3. The molecule has 0 aliphatic rings. The number of nitrogens with zero attached hydrogens (tertiary/aromatic N) is 1. The topological polar surface area (TPSA) is 79.3 Å². The number of carbonyl (C=O) groups excluding carboxylic acids is 1. The first-order valence-electron chi connectivity index (χ1n) is 4.10. The number of hydrogen-bond donors (Lipinski definition) is 2. The van der Waals surface area contributed by atoms with Crippen molar-refractivity contribution in [3.63, 3.8) is 0 Å². The summed E-state index contributed by atoms with van der Waals surface area (Å²) in [7, 11) is 0. The molecule has 1 rings (SSSR count). The Kier molecular flexibility index (Phi) is 3.75. The van der Waals surface area contributed by atoms with Crippen molar-refractivity contribution in [3.05, 3.63) is 22.7 Å². The number of hydrogen-bond acceptors (Lipinski definition) is 3. The van der Waals surface area contributed by atoms with Gasteiger partial charge in [0.1, 0.15) is 5.56 Å². The summed E-state index contributed by atoms with van der Waals surface area (Å²) in [6, 6.07) is 0. The van der Waals surface area contributed by atoms with Gasteiger partial charge in [-0.2, -0.15) is 13.2 Å².